The predicted octanol–water partition coefficient (Wildman–Crippen LogP) is 3.39. The second kappa shape index (κ2) is 7.38. The molecule has 0 saturated carbocycles. The summed E-state index contributed by atoms with van der Waals surface area (Å²) in [7, 11) is -3.41. The first-order valence-electron chi connectivity index (χ1n) is 9.07. The molecule has 0 bridgehead atoms. The summed E-state index contributed by atoms with van der Waals surface area (Å²) in [6.45, 7) is 9.01. The Labute approximate surface area is 174 Å². The molecule has 0 aliphatic rings. The van der Waals surface area contributed by atoms with E-state index < -0.39 is 14.6 Å². The molecule has 3 rings (SSSR count). The van der Waals surface area contributed by atoms with Gasteiger partial charge in [0.05, 0.1) is 21.0 Å². The number of aryl methyl sites for hydroxylation is 2. The van der Waals surface area contributed by atoms with E-state index in [1.165, 1.54) is 11.3 Å². The van der Waals surface area contributed by atoms with Gasteiger partial charge in [-0.15, -0.1) is 16.4 Å². The average Bonchev–Trinajstić information content (AvgIpc) is 2.99. The molecular weight excluding hydrogens is 408 g/mol. The number of nitrogen functional groups attached to an aromatic ring is 1. The summed E-state index contributed by atoms with van der Waals surface area (Å²) >= 11 is 1.21. The number of thiophene rings is 1. The van der Waals surface area contributed by atoms with Crippen molar-refractivity contribution in [2.75, 3.05) is 5.73 Å². The highest BCUT2D eigenvalue weighted by Gasteiger charge is 2.30. The number of anilines is 1. The molecule has 0 saturated heterocycles. The number of rotatable bonds is 4. The first kappa shape index (κ1) is 21.2. The van der Waals surface area contributed by atoms with Crippen LogP contribution in [0.25, 0.3) is 10.2 Å². The van der Waals surface area contributed by atoms with Gasteiger partial charge in [-0.1, -0.05) is 12.1 Å². The van der Waals surface area contributed by atoms with E-state index in [2.05, 4.69) is 15.5 Å². The number of benzene rings is 1. The molecule has 154 valence electrons. The lowest BCUT2D eigenvalue weighted by molar-refractivity contribution is 0.0956. The van der Waals surface area contributed by atoms with E-state index in [-0.39, 0.29) is 17.3 Å². The Hall–Kier alpha value is -2.52. The lowest BCUT2D eigenvalue weighted by Gasteiger charge is -2.19. The van der Waals surface area contributed by atoms with Crippen LogP contribution in [-0.2, 0) is 16.4 Å². The van der Waals surface area contributed by atoms with Crippen molar-refractivity contribution in [1.29, 1.82) is 0 Å². The van der Waals surface area contributed by atoms with Crippen LogP contribution in [0, 0.1) is 13.8 Å². The molecule has 7 nitrogen and oxygen atoms in total. The Kier molecular flexibility index (Phi) is 5.40. The molecule has 1 amide bonds. The van der Waals surface area contributed by atoms with Crippen LogP contribution in [0.15, 0.2) is 29.2 Å². The Bertz CT molecular complexity index is 1190. The van der Waals surface area contributed by atoms with Crippen LogP contribution in [0.5, 0.6) is 0 Å². The molecule has 0 spiro atoms. The van der Waals surface area contributed by atoms with Crippen molar-refractivity contribution in [2.24, 2.45) is 0 Å². The average molecular weight is 433 g/mol. The highest BCUT2D eigenvalue weighted by Crippen LogP contribution is 2.34. The summed E-state index contributed by atoms with van der Waals surface area (Å²) in [5.74, 6) is -0.297. The van der Waals surface area contributed by atoms with Crippen LogP contribution in [0.2, 0.25) is 0 Å². The molecule has 3 N–H and O–H groups in total. The maximum absolute atomic E-state index is 12.6. The molecule has 29 heavy (non-hydrogen) atoms. The quantitative estimate of drug-likeness (QED) is 0.653. The summed E-state index contributed by atoms with van der Waals surface area (Å²) in [6.07, 6.45) is 0. The van der Waals surface area contributed by atoms with Gasteiger partial charge in [0.1, 0.15) is 9.71 Å². The Morgan fingerprint density at radius 3 is 2.34 bits per heavy atom. The smallest absolute Gasteiger partial charge is 0.263 e. The van der Waals surface area contributed by atoms with Crippen molar-refractivity contribution in [1.82, 2.24) is 15.5 Å². The van der Waals surface area contributed by atoms with Crippen LogP contribution in [0.4, 0.5) is 5.69 Å². The number of aromatic nitrogens is 2. The first-order chi connectivity index (χ1) is 13.4. The topological polar surface area (TPSA) is 115 Å². The van der Waals surface area contributed by atoms with Crippen molar-refractivity contribution in [3.8, 4) is 0 Å². The zero-order valence-electron chi connectivity index (χ0n) is 17.0. The van der Waals surface area contributed by atoms with E-state index in [4.69, 9.17) is 5.73 Å². The number of nitrogens with zero attached hydrogens (tertiary/aromatic N) is 2. The molecule has 3 aromatic rings. The van der Waals surface area contributed by atoms with Crippen molar-refractivity contribution < 1.29 is 13.2 Å². The molecule has 2 heterocycles. The maximum atomic E-state index is 12.6. The van der Waals surface area contributed by atoms with E-state index in [0.29, 0.717) is 15.4 Å². The zero-order chi connectivity index (χ0) is 21.6. The molecule has 1 aromatic carbocycles. The molecule has 2 aromatic heterocycles. The number of nitrogens with one attached hydrogen (secondary N) is 1. The standard InChI is InChI=1S/C20H24N4O3S2/c1-11-12(2)23-24-19-15(11)16(21)17(28-19)18(25)22-10-13-6-8-14(9-7-13)29(26,27)20(3,4)5/h6-9H,10,21H2,1-5H3,(H,22,25). The number of carbonyl (C=O) groups is 1. The third-order valence-electron chi connectivity index (χ3n) is 4.83. The van der Waals surface area contributed by atoms with Crippen LogP contribution < -0.4 is 11.1 Å². The van der Waals surface area contributed by atoms with Gasteiger partial charge < -0.3 is 11.1 Å². The minimum absolute atomic E-state index is 0.256. The summed E-state index contributed by atoms with van der Waals surface area (Å²) in [6, 6.07) is 6.54. The Morgan fingerprint density at radius 1 is 1.14 bits per heavy atom. The molecule has 0 aliphatic heterocycles. The van der Waals surface area contributed by atoms with E-state index in [9.17, 15) is 13.2 Å². The number of amides is 1. The van der Waals surface area contributed by atoms with Gasteiger partial charge in [0.25, 0.3) is 5.91 Å². The molecule has 0 aliphatic carbocycles. The highest BCUT2D eigenvalue weighted by molar-refractivity contribution is 7.92. The summed E-state index contributed by atoms with van der Waals surface area (Å²) in [4.78, 5) is 13.9. The van der Waals surface area contributed by atoms with E-state index in [1.54, 1.807) is 45.0 Å². The van der Waals surface area contributed by atoms with E-state index in [1.807, 2.05) is 13.8 Å². The number of sulfone groups is 1. The Balaban J connectivity index is 1.77. The lowest BCUT2D eigenvalue weighted by atomic mass is 10.1. The van der Waals surface area contributed by atoms with Gasteiger partial charge in [-0.05, 0) is 57.9 Å². The molecule has 0 unspecified atom stereocenters. The molecular formula is C20H24N4O3S2. The number of fused-ring (bicyclic) bond motifs is 1. The molecule has 0 radical (unpaired) electrons. The Morgan fingerprint density at radius 2 is 1.76 bits per heavy atom. The van der Waals surface area contributed by atoms with E-state index in [0.717, 1.165) is 22.2 Å². The fourth-order valence-electron chi connectivity index (χ4n) is 2.81. The minimum atomic E-state index is -3.41. The zero-order valence-corrected chi connectivity index (χ0v) is 18.7. The van der Waals surface area contributed by atoms with Gasteiger partial charge in [0.15, 0.2) is 9.84 Å². The van der Waals surface area contributed by atoms with Gasteiger partial charge in [-0.3, -0.25) is 4.79 Å². The maximum Gasteiger partial charge on any atom is 0.263 e. The summed E-state index contributed by atoms with van der Waals surface area (Å²) < 4.78 is 24.1. The minimum Gasteiger partial charge on any atom is -0.397 e. The number of carbonyl (C=O) groups excluding carboxylic acids is 1. The van der Waals surface area contributed by atoms with Gasteiger partial charge in [0, 0.05) is 11.9 Å². The number of hydrogen-bond donors (Lipinski definition) is 2. The van der Waals surface area contributed by atoms with Crippen LogP contribution >= 0.6 is 11.3 Å². The fourth-order valence-corrected chi connectivity index (χ4v) is 5.03. The SMILES string of the molecule is Cc1nnc2sc(C(=O)NCc3ccc(S(=O)(=O)C(C)(C)C)cc3)c(N)c2c1C. The van der Waals surface area contributed by atoms with Crippen molar-refractivity contribution in [3.63, 3.8) is 0 Å². The van der Waals surface area contributed by atoms with Gasteiger partial charge in [-0.25, -0.2) is 8.42 Å². The number of nitrogens with two attached hydrogens (primary N) is 1. The largest absolute Gasteiger partial charge is 0.397 e. The highest BCUT2D eigenvalue weighted by atomic mass is 32.2. The molecule has 0 fully saturated rings. The third-order valence-corrected chi connectivity index (χ3v) is 8.43. The predicted molar refractivity (Wildman–Crippen MR) is 116 cm³/mol. The fraction of sp³-hybridized carbons (Fsp3) is 0.350. The molecule has 0 atom stereocenters. The lowest BCUT2D eigenvalue weighted by Crippen LogP contribution is -2.28. The second-order valence-electron chi connectivity index (χ2n) is 7.88. The van der Waals surface area contributed by atoms with Crippen LogP contribution in [-0.4, -0.2) is 29.3 Å². The van der Waals surface area contributed by atoms with E-state index >= 15 is 0 Å². The summed E-state index contributed by atoms with van der Waals surface area (Å²) in [5, 5.41) is 11.8. The molecule has 9 heteroatoms. The third kappa shape index (κ3) is 3.84. The van der Waals surface area contributed by atoms with Crippen LogP contribution in [0.3, 0.4) is 0 Å². The van der Waals surface area contributed by atoms with Gasteiger partial charge in [-0.2, -0.15) is 5.10 Å². The van der Waals surface area contributed by atoms with Crippen molar-refractivity contribution >= 4 is 43.0 Å². The van der Waals surface area contributed by atoms with Gasteiger partial charge in [0.2, 0.25) is 0 Å². The monoisotopic (exact) mass is 432 g/mol. The first-order valence-corrected chi connectivity index (χ1v) is 11.4. The van der Waals surface area contributed by atoms with Gasteiger partial charge >= 0.3 is 0 Å². The normalized spacial score (nSPS) is 12.3. The summed E-state index contributed by atoms with van der Waals surface area (Å²) in [5.41, 5.74) is 9.09. The second-order valence-corrected chi connectivity index (χ2v) is 11.6. The van der Waals surface area contributed by atoms with Crippen LogP contribution in [0.1, 0.15) is 47.3 Å². The van der Waals surface area contributed by atoms with Crippen molar-refractivity contribution in [3.05, 3.63) is 46.0 Å². The van der Waals surface area contributed by atoms with Crippen molar-refractivity contribution in [2.45, 2.75) is 50.8 Å². The number of hydrogen-bond acceptors (Lipinski definition) is 7.